The summed E-state index contributed by atoms with van der Waals surface area (Å²) in [6.07, 6.45) is -4.56. The summed E-state index contributed by atoms with van der Waals surface area (Å²) in [5.74, 6) is -0.288. The van der Waals surface area contributed by atoms with Gasteiger partial charge in [0, 0.05) is 24.8 Å². The Labute approximate surface area is 166 Å². The van der Waals surface area contributed by atoms with Crippen LogP contribution >= 0.6 is 0 Å². The highest BCUT2D eigenvalue weighted by atomic mass is 19.4. The molecule has 0 aliphatic carbocycles. The highest BCUT2D eigenvalue weighted by molar-refractivity contribution is 5.94. The van der Waals surface area contributed by atoms with E-state index >= 15 is 0 Å². The van der Waals surface area contributed by atoms with Crippen LogP contribution in [0.15, 0.2) is 54.6 Å². The molecule has 0 aliphatic rings. The molecule has 29 heavy (non-hydrogen) atoms. The number of aromatic nitrogens is 2. The Kier molecular flexibility index (Phi) is 6.03. The lowest BCUT2D eigenvalue weighted by Gasteiger charge is -2.09. The van der Waals surface area contributed by atoms with Gasteiger partial charge in [-0.1, -0.05) is 29.8 Å². The molecule has 0 bridgehead atoms. The molecule has 3 rings (SSSR count). The van der Waals surface area contributed by atoms with Crippen molar-refractivity contribution in [1.82, 2.24) is 15.1 Å². The van der Waals surface area contributed by atoms with E-state index in [4.69, 9.17) is 4.74 Å². The zero-order valence-corrected chi connectivity index (χ0v) is 16.0. The molecule has 1 heterocycles. The van der Waals surface area contributed by atoms with Crippen LogP contribution in [-0.2, 0) is 10.9 Å². The van der Waals surface area contributed by atoms with Gasteiger partial charge in [0.2, 0.25) is 0 Å². The number of hydrogen-bond acceptors (Lipinski definition) is 3. The summed E-state index contributed by atoms with van der Waals surface area (Å²) in [6.45, 7) is 2.65. The first-order valence-electron chi connectivity index (χ1n) is 8.91. The predicted octanol–water partition coefficient (Wildman–Crippen LogP) is 4.24. The predicted molar refractivity (Wildman–Crippen MR) is 103 cm³/mol. The smallest absolute Gasteiger partial charge is 0.383 e. The van der Waals surface area contributed by atoms with Crippen LogP contribution in [0, 0.1) is 6.92 Å². The van der Waals surface area contributed by atoms with Crippen LogP contribution < -0.4 is 5.32 Å². The van der Waals surface area contributed by atoms with Gasteiger partial charge >= 0.3 is 6.18 Å². The minimum absolute atomic E-state index is 0.288. The lowest BCUT2D eigenvalue weighted by Crippen LogP contribution is -2.26. The monoisotopic (exact) mass is 403 g/mol. The van der Waals surface area contributed by atoms with Crippen molar-refractivity contribution in [2.75, 3.05) is 20.3 Å². The van der Waals surface area contributed by atoms with Crippen molar-refractivity contribution in [3.8, 4) is 16.9 Å². The van der Waals surface area contributed by atoms with Gasteiger partial charge in [-0.25, -0.2) is 4.68 Å². The van der Waals surface area contributed by atoms with Crippen molar-refractivity contribution in [1.29, 1.82) is 0 Å². The third-order valence-corrected chi connectivity index (χ3v) is 4.31. The minimum atomic E-state index is -4.56. The number of carbonyl (C=O) groups is 1. The molecule has 0 fully saturated rings. The second-order valence-corrected chi connectivity index (χ2v) is 6.49. The first-order chi connectivity index (χ1) is 13.8. The summed E-state index contributed by atoms with van der Waals surface area (Å²) in [5, 5.41) is 6.45. The van der Waals surface area contributed by atoms with Gasteiger partial charge in [-0.3, -0.25) is 4.79 Å². The molecule has 152 valence electrons. The maximum atomic E-state index is 13.3. The van der Waals surface area contributed by atoms with Gasteiger partial charge in [0.15, 0.2) is 5.69 Å². The number of carbonyl (C=O) groups excluding carboxylic acids is 1. The molecule has 8 heteroatoms. The van der Waals surface area contributed by atoms with Gasteiger partial charge in [0.1, 0.15) is 0 Å². The highest BCUT2D eigenvalue weighted by Crippen LogP contribution is 2.33. The van der Waals surface area contributed by atoms with E-state index in [1.165, 1.54) is 11.8 Å². The largest absolute Gasteiger partial charge is 0.435 e. The van der Waals surface area contributed by atoms with Crippen molar-refractivity contribution in [3.05, 3.63) is 71.4 Å². The first kappa shape index (κ1) is 20.6. The van der Waals surface area contributed by atoms with Crippen LogP contribution in [0.3, 0.4) is 0 Å². The standard InChI is InChI=1S/C21H20F3N3O2/c1-14-3-5-15(6-4-14)18-13-19(21(22,23)24)26-27(18)17-9-7-16(8-10-17)20(28)25-11-12-29-2/h3-10,13H,11-12H2,1-2H3,(H,25,28). The number of halogens is 3. The van der Waals surface area contributed by atoms with Gasteiger partial charge < -0.3 is 10.1 Å². The second-order valence-electron chi connectivity index (χ2n) is 6.49. The molecular weight excluding hydrogens is 383 g/mol. The number of aryl methyl sites for hydroxylation is 1. The van der Waals surface area contributed by atoms with Crippen molar-refractivity contribution in [2.24, 2.45) is 0 Å². The van der Waals surface area contributed by atoms with E-state index in [2.05, 4.69) is 10.4 Å². The van der Waals surface area contributed by atoms with Crippen molar-refractivity contribution >= 4 is 5.91 Å². The van der Waals surface area contributed by atoms with Crippen molar-refractivity contribution in [3.63, 3.8) is 0 Å². The average Bonchev–Trinajstić information content (AvgIpc) is 3.15. The Morgan fingerprint density at radius 3 is 2.34 bits per heavy atom. The number of methoxy groups -OCH3 is 1. The zero-order valence-electron chi connectivity index (χ0n) is 16.0. The number of nitrogens with zero attached hydrogens (tertiary/aromatic N) is 2. The summed E-state index contributed by atoms with van der Waals surface area (Å²) < 4.78 is 45.9. The van der Waals surface area contributed by atoms with Crippen LogP contribution in [0.25, 0.3) is 16.9 Å². The number of alkyl halides is 3. The zero-order chi connectivity index (χ0) is 21.0. The molecule has 0 unspecified atom stereocenters. The molecule has 0 aliphatic heterocycles. The molecule has 3 aromatic rings. The van der Waals surface area contributed by atoms with Crippen LogP contribution in [0.4, 0.5) is 13.2 Å². The average molecular weight is 403 g/mol. The highest BCUT2D eigenvalue weighted by Gasteiger charge is 2.35. The Morgan fingerprint density at radius 1 is 1.10 bits per heavy atom. The van der Waals surface area contributed by atoms with E-state index in [1.54, 1.807) is 36.4 Å². The Morgan fingerprint density at radius 2 is 1.76 bits per heavy atom. The molecule has 0 spiro atoms. The van der Waals surface area contributed by atoms with Gasteiger partial charge in [-0.15, -0.1) is 0 Å². The second kappa shape index (κ2) is 8.48. The summed E-state index contributed by atoms with van der Waals surface area (Å²) >= 11 is 0. The van der Waals surface area contributed by atoms with Gasteiger partial charge in [-0.2, -0.15) is 18.3 Å². The molecule has 0 radical (unpaired) electrons. The van der Waals surface area contributed by atoms with Crippen molar-refractivity contribution in [2.45, 2.75) is 13.1 Å². The summed E-state index contributed by atoms with van der Waals surface area (Å²) in [6, 6.07) is 14.4. The molecule has 1 aromatic heterocycles. The Bertz CT molecular complexity index is 978. The number of nitrogens with one attached hydrogen (secondary N) is 1. The van der Waals surface area contributed by atoms with Crippen LogP contribution in [-0.4, -0.2) is 35.9 Å². The number of amides is 1. The number of rotatable bonds is 6. The maximum absolute atomic E-state index is 13.3. The van der Waals surface area contributed by atoms with Gasteiger partial charge in [-0.05, 0) is 37.3 Å². The normalized spacial score (nSPS) is 11.5. The fraction of sp³-hybridized carbons (Fsp3) is 0.238. The van der Waals surface area contributed by atoms with Gasteiger partial charge in [0.05, 0.1) is 18.0 Å². The molecule has 5 nitrogen and oxygen atoms in total. The quantitative estimate of drug-likeness (QED) is 0.627. The summed E-state index contributed by atoms with van der Waals surface area (Å²) in [7, 11) is 1.53. The van der Waals surface area contributed by atoms with E-state index < -0.39 is 11.9 Å². The summed E-state index contributed by atoms with van der Waals surface area (Å²) in [4.78, 5) is 12.1. The molecule has 1 amide bonds. The fourth-order valence-electron chi connectivity index (χ4n) is 2.77. The van der Waals surface area contributed by atoms with Gasteiger partial charge in [0.25, 0.3) is 5.91 Å². The molecule has 0 saturated heterocycles. The van der Waals surface area contributed by atoms with E-state index in [0.29, 0.717) is 35.7 Å². The molecule has 0 saturated carbocycles. The van der Waals surface area contributed by atoms with Crippen LogP contribution in [0.2, 0.25) is 0 Å². The lowest BCUT2D eigenvalue weighted by molar-refractivity contribution is -0.141. The first-order valence-corrected chi connectivity index (χ1v) is 8.91. The van der Waals surface area contributed by atoms with E-state index in [1.807, 2.05) is 19.1 Å². The maximum Gasteiger partial charge on any atom is 0.435 e. The molecule has 0 atom stereocenters. The van der Waals surface area contributed by atoms with E-state index in [9.17, 15) is 18.0 Å². The third-order valence-electron chi connectivity index (χ3n) is 4.31. The third kappa shape index (κ3) is 4.83. The fourth-order valence-corrected chi connectivity index (χ4v) is 2.77. The SMILES string of the molecule is COCCNC(=O)c1ccc(-n2nc(C(F)(F)F)cc2-c2ccc(C)cc2)cc1. The Hall–Kier alpha value is -3.13. The lowest BCUT2D eigenvalue weighted by atomic mass is 10.1. The van der Waals surface area contributed by atoms with Crippen LogP contribution in [0.5, 0.6) is 0 Å². The van der Waals surface area contributed by atoms with E-state index in [-0.39, 0.29) is 5.91 Å². The number of benzene rings is 2. The van der Waals surface area contributed by atoms with Crippen molar-refractivity contribution < 1.29 is 22.7 Å². The number of ether oxygens (including phenoxy) is 1. The topological polar surface area (TPSA) is 56.1 Å². The van der Waals surface area contributed by atoms with Crippen LogP contribution in [0.1, 0.15) is 21.6 Å². The molecular formula is C21H20F3N3O2. The number of hydrogen-bond donors (Lipinski definition) is 1. The minimum Gasteiger partial charge on any atom is -0.383 e. The Balaban J connectivity index is 1.96. The van der Waals surface area contributed by atoms with E-state index in [0.717, 1.165) is 11.6 Å². The molecule has 1 N–H and O–H groups in total. The molecule has 2 aromatic carbocycles. The summed E-state index contributed by atoms with van der Waals surface area (Å²) in [5.41, 5.74) is 1.76.